The fourth-order valence-corrected chi connectivity index (χ4v) is 0.808. The summed E-state index contributed by atoms with van der Waals surface area (Å²) in [7, 11) is 0. The van der Waals surface area contributed by atoms with Crippen LogP contribution in [0.15, 0.2) is 28.0 Å². The minimum absolute atomic E-state index is 0.557. The predicted molar refractivity (Wildman–Crippen MR) is 59.7 cm³/mol. The molecule has 0 bridgehead atoms. The zero-order valence-corrected chi connectivity index (χ0v) is 8.57. The molecule has 0 aromatic rings. The molecule has 0 spiro atoms. The Morgan fingerprint density at radius 2 is 2.15 bits per heavy atom. The van der Waals surface area contributed by atoms with E-state index in [1.165, 1.54) is 6.20 Å². The Kier molecular flexibility index (Phi) is 6.69. The van der Waals surface area contributed by atoms with Crippen molar-refractivity contribution < 1.29 is 0 Å². The summed E-state index contributed by atoms with van der Waals surface area (Å²) in [5.74, 6) is 0.557. The Hall–Kier alpha value is -1.25. The second kappa shape index (κ2) is 7.40. The lowest BCUT2D eigenvalue weighted by Crippen LogP contribution is -2.04. The molecule has 0 unspecified atom stereocenters. The summed E-state index contributed by atoms with van der Waals surface area (Å²) in [6.07, 6.45) is 5.72. The standard InChI is InChI=1S/C10H17N3/c1-5-11-8-10(7-9(3)4)13-12-6-2/h5-6,8-9H,1,7H2,2-4H3/b11-8-,12-6+,13-10-. The van der Waals surface area contributed by atoms with Crippen LogP contribution < -0.4 is 0 Å². The molecule has 0 aromatic carbocycles. The van der Waals surface area contributed by atoms with Crippen LogP contribution in [0.5, 0.6) is 0 Å². The van der Waals surface area contributed by atoms with E-state index in [1.54, 1.807) is 12.4 Å². The van der Waals surface area contributed by atoms with Gasteiger partial charge in [0, 0.05) is 12.4 Å². The van der Waals surface area contributed by atoms with Gasteiger partial charge in [0.2, 0.25) is 0 Å². The largest absolute Gasteiger partial charge is 0.263 e. The molecule has 0 rings (SSSR count). The third-order valence-electron chi connectivity index (χ3n) is 1.25. The fraction of sp³-hybridized carbons (Fsp3) is 0.500. The lowest BCUT2D eigenvalue weighted by molar-refractivity contribution is 0.686. The highest BCUT2D eigenvalue weighted by Gasteiger charge is 1.99. The first-order valence-corrected chi connectivity index (χ1v) is 4.39. The SMILES string of the molecule is C=C\N=C/C(CC(C)C)=N\N=C\C. The summed E-state index contributed by atoms with van der Waals surface area (Å²) in [6, 6.07) is 0. The predicted octanol–water partition coefficient (Wildman–Crippen LogP) is 2.69. The van der Waals surface area contributed by atoms with Crippen molar-refractivity contribution in [3.8, 4) is 0 Å². The molecule has 13 heavy (non-hydrogen) atoms. The van der Waals surface area contributed by atoms with Gasteiger partial charge in [-0.1, -0.05) is 20.4 Å². The number of nitrogens with zero attached hydrogens (tertiary/aromatic N) is 3. The van der Waals surface area contributed by atoms with E-state index in [-0.39, 0.29) is 0 Å². The molecular weight excluding hydrogens is 162 g/mol. The average molecular weight is 179 g/mol. The Morgan fingerprint density at radius 3 is 2.62 bits per heavy atom. The monoisotopic (exact) mass is 179 g/mol. The Morgan fingerprint density at radius 1 is 1.46 bits per heavy atom. The van der Waals surface area contributed by atoms with E-state index < -0.39 is 0 Å². The van der Waals surface area contributed by atoms with Crippen molar-refractivity contribution in [3.05, 3.63) is 12.8 Å². The maximum absolute atomic E-state index is 4.01. The Balaban J connectivity index is 4.35. The van der Waals surface area contributed by atoms with E-state index >= 15 is 0 Å². The first-order chi connectivity index (χ1) is 6.20. The third kappa shape index (κ3) is 7.12. The van der Waals surface area contributed by atoms with Crippen molar-refractivity contribution >= 4 is 18.1 Å². The van der Waals surface area contributed by atoms with Crippen LogP contribution in [-0.4, -0.2) is 18.1 Å². The summed E-state index contributed by atoms with van der Waals surface area (Å²) < 4.78 is 0. The van der Waals surface area contributed by atoms with Gasteiger partial charge >= 0.3 is 0 Å². The first-order valence-electron chi connectivity index (χ1n) is 4.39. The molecule has 0 aliphatic heterocycles. The maximum atomic E-state index is 4.01. The van der Waals surface area contributed by atoms with E-state index in [2.05, 4.69) is 35.6 Å². The maximum Gasteiger partial charge on any atom is 0.0815 e. The van der Waals surface area contributed by atoms with E-state index in [4.69, 9.17) is 0 Å². The van der Waals surface area contributed by atoms with Gasteiger partial charge in [-0.25, -0.2) is 0 Å². The Bertz CT molecular complexity index is 224. The number of hydrogen-bond donors (Lipinski definition) is 0. The van der Waals surface area contributed by atoms with Crippen LogP contribution >= 0.6 is 0 Å². The molecule has 72 valence electrons. The van der Waals surface area contributed by atoms with Crippen LogP contribution in [0, 0.1) is 5.92 Å². The van der Waals surface area contributed by atoms with Gasteiger partial charge in [0.15, 0.2) is 0 Å². The smallest absolute Gasteiger partial charge is 0.0815 e. The molecule has 3 nitrogen and oxygen atoms in total. The first kappa shape index (κ1) is 11.8. The molecule has 0 aromatic heterocycles. The van der Waals surface area contributed by atoms with Gasteiger partial charge in [0.05, 0.1) is 11.9 Å². The summed E-state index contributed by atoms with van der Waals surface area (Å²) >= 11 is 0. The molecule has 0 saturated heterocycles. The summed E-state index contributed by atoms with van der Waals surface area (Å²) in [5.41, 5.74) is 0.882. The van der Waals surface area contributed by atoms with E-state index in [1.807, 2.05) is 6.92 Å². The van der Waals surface area contributed by atoms with Crippen LogP contribution in [0.25, 0.3) is 0 Å². The van der Waals surface area contributed by atoms with Crippen molar-refractivity contribution in [3.63, 3.8) is 0 Å². The minimum atomic E-state index is 0.557. The summed E-state index contributed by atoms with van der Waals surface area (Å²) in [6.45, 7) is 9.60. The zero-order valence-electron chi connectivity index (χ0n) is 8.57. The lowest BCUT2D eigenvalue weighted by atomic mass is 10.1. The molecule has 3 heteroatoms. The van der Waals surface area contributed by atoms with Gasteiger partial charge in [0.1, 0.15) is 0 Å². The van der Waals surface area contributed by atoms with Crippen LogP contribution in [0.3, 0.4) is 0 Å². The van der Waals surface area contributed by atoms with Crippen LogP contribution in [0.4, 0.5) is 0 Å². The average Bonchev–Trinajstić information content (AvgIpc) is 2.09. The highest BCUT2D eigenvalue weighted by molar-refractivity contribution is 6.30. The van der Waals surface area contributed by atoms with Crippen molar-refractivity contribution in [2.24, 2.45) is 21.1 Å². The second-order valence-electron chi connectivity index (χ2n) is 3.02. The van der Waals surface area contributed by atoms with Gasteiger partial charge in [-0.15, -0.1) is 0 Å². The number of aliphatic imine (C=N–C) groups is 1. The van der Waals surface area contributed by atoms with Gasteiger partial charge in [-0.2, -0.15) is 10.2 Å². The van der Waals surface area contributed by atoms with Gasteiger partial charge in [0.25, 0.3) is 0 Å². The Labute approximate surface area is 80.0 Å². The zero-order chi connectivity index (χ0) is 10.1. The van der Waals surface area contributed by atoms with Crippen molar-refractivity contribution in [1.82, 2.24) is 0 Å². The van der Waals surface area contributed by atoms with Crippen molar-refractivity contribution in [1.29, 1.82) is 0 Å². The molecule has 0 saturated carbocycles. The van der Waals surface area contributed by atoms with Gasteiger partial charge in [-0.3, -0.25) is 4.99 Å². The highest BCUT2D eigenvalue weighted by atomic mass is 15.2. The molecule has 0 atom stereocenters. The van der Waals surface area contributed by atoms with E-state index in [0.717, 1.165) is 12.1 Å². The molecule has 0 aliphatic rings. The molecule has 0 heterocycles. The molecular formula is C10H17N3. The molecule has 0 fully saturated rings. The topological polar surface area (TPSA) is 37.1 Å². The quantitative estimate of drug-likeness (QED) is 0.459. The van der Waals surface area contributed by atoms with E-state index in [0.29, 0.717) is 5.92 Å². The normalized spacial score (nSPS) is 13.4. The van der Waals surface area contributed by atoms with Crippen LogP contribution in [-0.2, 0) is 0 Å². The van der Waals surface area contributed by atoms with Crippen molar-refractivity contribution in [2.75, 3.05) is 0 Å². The molecule has 0 radical (unpaired) electrons. The van der Waals surface area contributed by atoms with Gasteiger partial charge in [-0.05, 0) is 19.3 Å². The highest BCUT2D eigenvalue weighted by Crippen LogP contribution is 2.00. The minimum Gasteiger partial charge on any atom is -0.263 e. The fourth-order valence-electron chi connectivity index (χ4n) is 0.808. The van der Waals surface area contributed by atoms with Gasteiger partial charge < -0.3 is 0 Å². The van der Waals surface area contributed by atoms with Crippen LogP contribution in [0.1, 0.15) is 27.2 Å². The third-order valence-corrected chi connectivity index (χ3v) is 1.25. The summed E-state index contributed by atoms with van der Waals surface area (Å²) in [4.78, 5) is 3.91. The van der Waals surface area contributed by atoms with Crippen LogP contribution in [0.2, 0.25) is 0 Å². The van der Waals surface area contributed by atoms with E-state index in [9.17, 15) is 0 Å². The van der Waals surface area contributed by atoms with Crippen molar-refractivity contribution in [2.45, 2.75) is 27.2 Å². The molecule has 0 amide bonds. The molecule has 0 aliphatic carbocycles. The summed E-state index contributed by atoms with van der Waals surface area (Å²) in [5, 5.41) is 7.82. The second-order valence-corrected chi connectivity index (χ2v) is 3.02. The number of rotatable bonds is 5. The number of hydrogen-bond acceptors (Lipinski definition) is 3. The lowest BCUT2D eigenvalue weighted by Gasteiger charge is -2.01. The molecule has 0 N–H and O–H groups in total.